The van der Waals surface area contributed by atoms with Gasteiger partial charge in [0.15, 0.2) is 0 Å². The van der Waals surface area contributed by atoms with Crippen LogP contribution in [0.3, 0.4) is 0 Å². The first-order valence-electron chi connectivity index (χ1n) is 8.66. The molecule has 0 atom stereocenters. The van der Waals surface area contributed by atoms with Crippen LogP contribution in [0.5, 0.6) is 0 Å². The highest BCUT2D eigenvalue weighted by Gasteiger charge is 2.23. The van der Waals surface area contributed by atoms with Gasteiger partial charge in [0.25, 0.3) is 5.69 Å². The quantitative estimate of drug-likeness (QED) is 0.276. The van der Waals surface area contributed by atoms with Crippen LogP contribution in [0.25, 0.3) is 44.5 Å². The highest BCUT2D eigenvalue weighted by Crippen LogP contribution is 2.47. The van der Waals surface area contributed by atoms with E-state index in [-0.39, 0.29) is 10.6 Å². The van der Waals surface area contributed by atoms with Crippen molar-refractivity contribution in [1.29, 1.82) is 0 Å². The van der Waals surface area contributed by atoms with Gasteiger partial charge in [-0.05, 0) is 51.1 Å². The number of rotatable bonds is 1. The van der Waals surface area contributed by atoms with Crippen LogP contribution in [0.2, 0.25) is 0 Å². The first-order chi connectivity index (χ1) is 13.2. The molecule has 0 aliphatic heterocycles. The summed E-state index contributed by atoms with van der Waals surface area (Å²) in [6, 6.07) is 23.4. The maximum absolute atomic E-state index is 11.4. The van der Waals surface area contributed by atoms with Gasteiger partial charge in [-0.3, -0.25) is 15.1 Å². The highest BCUT2D eigenvalue weighted by molar-refractivity contribution is 6.03. The summed E-state index contributed by atoms with van der Waals surface area (Å²) in [5.41, 5.74) is 8.23. The Morgan fingerprint density at radius 1 is 0.630 bits per heavy atom. The lowest BCUT2D eigenvalue weighted by Gasteiger charge is -2.22. The Hall–Kier alpha value is -3.79. The molecule has 1 heterocycles. The van der Waals surface area contributed by atoms with Gasteiger partial charge in [-0.2, -0.15) is 0 Å². The van der Waals surface area contributed by atoms with Crippen molar-refractivity contribution in [3.05, 3.63) is 95.3 Å². The molecule has 1 aromatic heterocycles. The molecule has 27 heavy (non-hydrogen) atoms. The smallest absolute Gasteiger partial charge is 0.264 e. The van der Waals surface area contributed by atoms with Gasteiger partial charge in [-0.15, -0.1) is 0 Å². The number of nitro groups is 1. The first kappa shape index (κ1) is 15.5. The second-order valence-electron chi connectivity index (χ2n) is 6.50. The van der Waals surface area contributed by atoms with Crippen LogP contribution in [-0.2, 0) is 0 Å². The minimum Gasteiger partial charge on any atom is -0.264 e. The molecule has 4 nitrogen and oxygen atoms in total. The Kier molecular flexibility index (Phi) is 3.37. The standard InChI is InChI=1S/C23H14N2O2/c26-25(27)15-9-10-20-21-11-12-24-14-23(21)19-8-4-2-6-17(19)16-5-1-3-7-18(16)22(20)13-15/h1-14H. The number of pyridine rings is 1. The molecule has 0 unspecified atom stereocenters. The zero-order valence-corrected chi connectivity index (χ0v) is 14.3. The molecular weight excluding hydrogens is 336 g/mol. The van der Waals surface area contributed by atoms with E-state index < -0.39 is 0 Å². The van der Waals surface area contributed by atoms with Crippen molar-refractivity contribution in [1.82, 2.24) is 4.98 Å². The van der Waals surface area contributed by atoms with Gasteiger partial charge < -0.3 is 0 Å². The summed E-state index contributed by atoms with van der Waals surface area (Å²) in [5, 5.41) is 11.4. The van der Waals surface area contributed by atoms with Crippen molar-refractivity contribution in [3.63, 3.8) is 0 Å². The first-order valence-corrected chi connectivity index (χ1v) is 8.66. The summed E-state index contributed by atoms with van der Waals surface area (Å²) in [5.74, 6) is 0. The van der Waals surface area contributed by atoms with E-state index in [1.165, 1.54) is 0 Å². The van der Waals surface area contributed by atoms with Crippen LogP contribution in [0.1, 0.15) is 0 Å². The van der Waals surface area contributed by atoms with Crippen LogP contribution in [0.4, 0.5) is 5.69 Å². The Morgan fingerprint density at radius 3 is 1.78 bits per heavy atom. The summed E-state index contributed by atoms with van der Waals surface area (Å²) < 4.78 is 0. The second kappa shape index (κ2) is 5.88. The van der Waals surface area contributed by atoms with E-state index in [1.807, 2.05) is 48.7 Å². The van der Waals surface area contributed by atoms with Crippen molar-refractivity contribution in [2.24, 2.45) is 0 Å². The molecule has 0 bridgehead atoms. The summed E-state index contributed by atoms with van der Waals surface area (Å²) in [4.78, 5) is 15.4. The summed E-state index contributed by atoms with van der Waals surface area (Å²) >= 11 is 0. The number of hydrogen-bond donors (Lipinski definition) is 0. The molecule has 0 N–H and O–H groups in total. The fraction of sp³-hybridized carbons (Fsp3) is 0. The van der Waals surface area contributed by atoms with E-state index in [4.69, 9.17) is 0 Å². The predicted molar refractivity (Wildman–Crippen MR) is 106 cm³/mol. The number of fused-ring (bicyclic) bond motifs is 8. The largest absolute Gasteiger partial charge is 0.270 e. The van der Waals surface area contributed by atoms with Crippen molar-refractivity contribution in [2.45, 2.75) is 0 Å². The van der Waals surface area contributed by atoms with Gasteiger partial charge in [0, 0.05) is 30.1 Å². The number of non-ortho nitro benzene ring substituents is 1. The lowest BCUT2D eigenvalue weighted by Crippen LogP contribution is -1.98. The molecule has 0 amide bonds. The van der Waals surface area contributed by atoms with E-state index in [1.54, 1.807) is 18.3 Å². The van der Waals surface area contributed by atoms with E-state index in [2.05, 4.69) is 23.2 Å². The van der Waals surface area contributed by atoms with Crippen molar-refractivity contribution < 1.29 is 4.92 Å². The van der Waals surface area contributed by atoms with Crippen LogP contribution >= 0.6 is 0 Å². The summed E-state index contributed by atoms with van der Waals surface area (Å²) in [6.45, 7) is 0. The molecule has 5 rings (SSSR count). The topological polar surface area (TPSA) is 56.0 Å². The third-order valence-electron chi connectivity index (χ3n) is 5.05. The van der Waals surface area contributed by atoms with Crippen molar-refractivity contribution >= 4 is 5.69 Å². The fourth-order valence-electron chi connectivity index (χ4n) is 3.85. The average molecular weight is 350 g/mol. The van der Waals surface area contributed by atoms with Gasteiger partial charge in [0.2, 0.25) is 0 Å². The molecule has 128 valence electrons. The number of benzene rings is 3. The molecule has 0 fully saturated rings. The molecular formula is C23H14N2O2. The molecule has 4 heteroatoms. The molecule has 3 aromatic carbocycles. The average Bonchev–Trinajstić information content (AvgIpc) is 2.72. The molecule has 4 aromatic rings. The summed E-state index contributed by atoms with van der Waals surface area (Å²) in [6.07, 6.45) is 3.63. The zero-order valence-electron chi connectivity index (χ0n) is 14.3. The molecule has 1 aliphatic rings. The number of nitrogens with zero attached hydrogens (tertiary/aromatic N) is 2. The highest BCUT2D eigenvalue weighted by atomic mass is 16.6. The Bertz CT molecular complexity index is 1210. The minimum atomic E-state index is -0.344. The van der Waals surface area contributed by atoms with Gasteiger partial charge in [-0.1, -0.05) is 48.5 Å². The lowest BCUT2D eigenvalue weighted by atomic mass is 9.81. The second-order valence-corrected chi connectivity index (χ2v) is 6.50. The maximum Gasteiger partial charge on any atom is 0.270 e. The molecule has 1 aliphatic carbocycles. The van der Waals surface area contributed by atoms with Crippen LogP contribution in [0, 0.1) is 10.1 Å². The van der Waals surface area contributed by atoms with Crippen LogP contribution < -0.4 is 0 Å². The third kappa shape index (κ3) is 2.34. The van der Waals surface area contributed by atoms with Crippen molar-refractivity contribution in [3.8, 4) is 44.5 Å². The van der Waals surface area contributed by atoms with Gasteiger partial charge in [0.1, 0.15) is 0 Å². The normalized spacial score (nSPS) is 11.3. The minimum absolute atomic E-state index is 0.0908. The molecule has 0 saturated carbocycles. The van der Waals surface area contributed by atoms with E-state index >= 15 is 0 Å². The maximum atomic E-state index is 11.4. The van der Waals surface area contributed by atoms with Crippen LogP contribution in [0.15, 0.2) is 85.2 Å². The number of aromatic nitrogens is 1. The molecule has 0 saturated heterocycles. The van der Waals surface area contributed by atoms with E-state index in [9.17, 15) is 10.1 Å². The van der Waals surface area contributed by atoms with E-state index in [0.717, 1.165) is 44.5 Å². The van der Waals surface area contributed by atoms with Gasteiger partial charge >= 0.3 is 0 Å². The predicted octanol–water partition coefficient (Wildman–Crippen LogP) is 5.97. The molecule has 0 spiro atoms. The number of nitro benzene ring substituents is 1. The van der Waals surface area contributed by atoms with Crippen LogP contribution in [-0.4, -0.2) is 9.91 Å². The van der Waals surface area contributed by atoms with Gasteiger partial charge in [-0.25, -0.2) is 0 Å². The zero-order chi connectivity index (χ0) is 18.4. The SMILES string of the molecule is O=[N+]([O-])c1ccc2c(c1)-c1ccccc1-c1ccccc1-c1cnccc1-2. The van der Waals surface area contributed by atoms with Crippen molar-refractivity contribution in [2.75, 3.05) is 0 Å². The Morgan fingerprint density at radius 2 is 1.15 bits per heavy atom. The molecule has 0 radical (unpaired) electrons. The summed E-state index contributed by atoms with van der Waals surface area (Å²) in [7, 11) is 0. The Labute approximate surface area is 155 Å². The fourth-order valence-corrected chi connectivity index (χ4v) is 3.85. The lowest BCUT2D eigenvalue weighted by molar-refractivity contribution is -0.384. The third-order valence-corrected chi connectivity index (χ3v) is 5.05. The van der Waals surface area contributed by atoms with E-state index in [0.29, 0.717) is 0 Å². The van der Waals surface area contributed by atoms with Gasteiger partial charge in [0.05, 0.1) is 4.92 Å². The monoisotopic (exact) mass is 350 g/mol. The Balaban J connectivity index is 1.97. The number of hydrogen-bond acceptors (Lipinski definition) is 3.